The van der Waals surface area contributed by atoms with Gasteiger partial charge in [0.1, 0.15) is 0 Å². The molecule has 3 rings (SSSR count). The average Bonchev–Trinajstić information content (AvgIpc) is 3.27. The molecule has 0 aromatic heterocycles. The van der Waals surface area contributed by atoms with Crippen molar-refractivity contribution >= 4 is 11.6 Å². The molecule has 3 unspecified atom stereocenters. The molecule has 0 spiro atoms. The van der Waals surface area contributed by atoms with Gasteiger partial charge in [0.15, 0.2) is 5.96 Å². The Labute approximate surface area is 176 Å². The second-order valence-corrected chi connectivity index (χ2v) is 8.39. The molecule has 0 aliphatic carbocycles. The summed E-state index contributed by atoms with van der Waals surface area (Å²) in [6.07, 6.45) is 2.60. The van der Waals surface area contributed by atoms with E-state index in [1.807, 2.05) is 0 Å². The summed E-state index contributed by atoms with van der Waals surface area (Å²) in [6, 6.07) is 9.99. The summed E-state index contributed by atoms with van der Waals surface area (Å²) in [4.78, 5) is 9.88. The highest BCUT2D eigenvalue weighted by Crippen LogP contribution is 2.24. The molecule has 2 N–H and O–H groups in total. The number of anilines is 1. The molecule has 2 heterocycles. The van der Waals surface area contributed by atoms with E-state index in [0.717, 1.165) is 38.8 Å². The zero-order valence-electron chi connectivity index (χ0n) is 18.7. The fraction of sp³-hybridized carbons (Fsp3) is 0.696. The van der Waals surface area contributed by atoms with Gasteiger partial charge in [-0.1, -0.05) is 12.1 Å². The first-order valence-corrected chi connectivity index (χ1v) is 11.3. The van der Waals surface area contributed by atoms with Crippen LogP contribution in [-0.4, -0.2) is 68.9 Å². The van der Waals surface area contributed by atoms with E-state index in [9.17, 15) is 0 Å². The van der Waals surface area contributed by atoms with Crippen LogP contribution in [0, 0.1) is 0 Å². The monoisotopic (exact) mass is 401 g/mol. The third-order valence-corrected chi connectivity index (χ3v) is 6.04. The van der Waals surface area contributed by atoms with E-state index < -0.39 is 0 Å². The molecule has 0 saturated carbocycles. The first kappa shape index (κ1) is 21.9. The maximum atomic E-state index is 5.57. The van der Waals surface area contributed by atoms with Gasteiger partial charge in [0, 0.05) is 44.0 Å². The predicted octanol–water partition coefficient (Wildman–Crippen LogP) is 3.01. The van der Waals surface area contributed by atoms with Crippen molar-refractivity contribution in [3.8, 4) is 0 Å². The van der Waals surface area contributed by atoms with Crippen molar-refractivity contribution in [2.75, 3.05) is 50.8 Å². The summed E-state index contributed by atoms with van der Waals surface area (Å²) in [5, 5.41) is 7.01. The van der Waals surface area contributed by atoms with Crippen LogP contribution in [0.5, 0.6) is 0 Å². The van der Waals surface area contributed by atoms with Gasteiger partial charge in [-0.15, -0.1) is 0 Å². The van der Waals surface area contributed by atoms with Crippen molar-refractivity contribution in [1.29, 1.82) is 0 Å². The molecule has 1 aromatic rings. The van der Waals surface area contributed by atoms with Gasteiger partial charge < -0.3 is 20.3 Å². The van der Waals surface area contributed by atoms with Gasteiger partial charge >= 0.3 is 0 Å². The Bertz CT molecular complexity index is 658. The Hall–Kier alpha value is -1.79. The van der Waals surface area contributed by atoms with Crippen molar-refractivity contribution < 1.29 is 4.74 Å². The molecule has 0 amide bonds. The highest BCUT2D eigenvalue weighted by Gasteiger charge is 2.23. The Kier molecular flexibility index (Phi) is 8.19. The number of aliphatic imine (C=N–C) groups is 1. The van der Waals surface area contributed by atoms with Gasteiger partial charge in [-0.25, -0.2) is 0 Å². The van der Waals surface area contributed by atoms with E-state index in [2.05, 4.69) is 72.4 Å². The summed E-state index contributed by atoms with van der Waals surface area (Å²) in [5.41, 5.74) is 2.64. The zero-order chi connectivity index (χ0) is 20.6. The number of hydrogen-bond donors (Lipinski definition) is 2. The molecule has 6 heteroatoms. The van der Waals surface area contributed by atoms with Gasteiger partial charge in [-0.3, -0.25) is 9.89 Å². The van der Waals surface area contributed by atoms with Gasteiger partial charge in [0.05, 0.1) is 25.8 Å². The molecular weight excluding hydrogens is 362 g/mol. The Balaban J connectivity index is 1.61. The fourth-order valence-electron chi connectivity index (χ4n) is 4.30. The maximum absolute atomic E-state index is 5.57. The third-order valence-electron chi connectivity index (χ3n) is 6.04. The second kappa shape index (κ2) is 10.8. The highest BCUT2D eigenvalue weighted by atomic mass is 16.5. The normalized spacial score (nSPS) is 23.1. The molecule has 1 aromatic carbocycles. The molecule has 6 nitrogen and oxygen atoms in total. The van der Waals surface area contributed by atoms with Crippen LogP contribution in [0.4, 0.5) is 5.69 Å². The van der Waals surface area contributed by atoms with Crippen LogP contribution >= 0.6 is 0 Å². The largest absolute Gasteiger partial charge is 0.379 e. The van der Waals surface area contributed by atoms with Crippen LogP contribution in [0.3, 0.4) is 0 Å². The van der Waals surface area contributed by atoms with Crippen LogP contribution in [0.15, 0.2) is 29.3 Å². The van der Waals surface area contributed by atoms with Gasteiger partial charge in [-0.05, 0) is 58.2 Å². The number of benzene rings is 1. The summed E-state index contributed by atoms with van der Waals surface area (Å²) >= 11 is 0. The fourth-order valence-corrected chi connectivity index (χ4v) is 4.30. The maximum Gasteiger partial charge on any atom is 0.191 e. The topological polar surface area (TPSA) is 52.1 Å². The number of morpholine rings is 1. The number of rotatable bonds is 7. The quantitative estimate of drug-likeness (QED) is 0.543. The van der Waals surface area contributed by atoms with Crippen molar-refractivity contribution in [3.63, 3.8) is 0 Å². The van der Waals surface area contributed by atoms with Crippen molar-refractivity contribution in [3.05, 3.63) is 29.8 Å². The first-order chi connectivity index (χ1) is 14.1. The Morgan fingerprint density at radius 2 is 2.03 bits per heavy atom. The number of ether oxygens (including phenoxy) is 1. The summed E-state index contributed by atoms with van der Waals surface area (Å²) in [5.74, 6) is 0.888. The number of nitrogens with one attached hydrogen (secondary N) is 2. The minimum Gasteiger partial charge on any atom is -0.379 e. The third kappa shape index (κ3) is 6.09. The van der Waals surface area contributed by atoms with Gasteiger partial charge in [0.25, 0.3) is 0 Å². The van der Waals surface area contributed by atoms with Gasteiger partial charge in [-0.2, -0.15) is 0 Å². The molecule has 2 saturated heterocycles. The molecule has 0 radical (unpaired) electrons. The molecule has 2 aliphatic heterocycles. The second-order valence-electron chi connectivity index (χ2n) is 8.39. The summed E-state index contributed by atoms with van der Waals surface area (Å²) in [6.45, 7) is 15.4. The lowest BCUT2D eigenvalue weighted by Gasteiger charge is -2.37. The molecule has 2 aliphatic rings. The van der Waals surface area contributed by atoms with E-state index in [1.165, 1.54) is 37.2 Å². The van der Waals surface area contributed by atoms with Crippen LogP contribution in [0.1, 0.15) is 52.1 Å². The van der Waals surface area contributed by atoms with Crippen LogP contribution in [0.2, 0.25) is 0 Å². The average molecular weight is 402 g/mol. The standard InChI is InChI=1S/C23H39N5O/c1-5-24-23(25-16-18(2)28-13-14-29-17-19(28)3)26-20(4)21-9-8-10-22(15-21)27-11-6-7-12-27/h8-10,15,18-20H,5-7,11-14,16-17H2,1-4H3,(H2,24,25,26). The minimum absolute atomic E-state index is 0.202. The predicted molar refractivity (Wildman–Crippen MR) is 122 cm³/mol. The lowest BCUT2D eigenvalue weighted by atomic mass is 10.1. The molecule has 0 bridgehead atoms. The molecule has 3 atom stereocenters. The molecule has 2 fully saturated rings. The van der Waals surface area contributed by atoms with Crippen LogP contribution in [0.25, 0.3) is 0 Å². The van der Waals surface area contributed by atoms with E-state index in [-0.39, 0.29) is 6.04 Å². The van der Waals surface area contributed by atoms with Gasteiger partial charge in [0.2, 0.25) is 0 Å². The first-order valence-electron chi connectivity index (χ1n) is 11.3. The minimum atomic E-state index is 0.202. The Morgan fingerprint density at radius 3 is 2.76 bits per heavy atom. The molecule has 29 heavy (non-hydrogen) atoms. The molecular formula is C23H39N5O. The zero-order valence-corrected chi connectivity index (χ0v) is 18.7. The smallest absolute Gasteiger partial charge is 0.191 e. The summed E-state index contributed by atoms with van der Waals surface area (Å²) < 4.78 is 5.57. The van der Waals surface area contributed by atoms with E-state index in [0.29, 0.717) is 12.1 Å². The number of nitrogens with zero attached hydrogens (tertiary/aromatic N) is 3. The summed E-state index contributed by atoms with van der Waals surface area (Å²) in [7, 11) is 0. The van der Waals surface area contributed by atoms with Crippen LogP contribution in [-0.2, 0) is 4.74 Å². The van der Waals surface area contributed by atoms with Crippen molar-refractivity contribution in [2.24, 2.45) is 4.99 Å². The van der Waals surface area contributed by atoms with Crippen molar-refractivity contribution in [2.45, 2.75) is 58.7 Å². The number of hydrogen-bond acceptors (Lipinski definition) is 4. The van der Waals surface area contributed by atoms with Crippen molar-refractivity contribution in [1.82, 2.24) is 15.5 Å². The highest BCUT2D eigenvalue weighted by molar-refractivity contribution is 5.80. The lowest BCUT2D eigenvalue weighted by Crippen LogP contribution is -2.49. The molecule has 162 valence electrons. The Morgan fingerprint density at radius 1 is 1.24 bits per heavy atom. The van der Waals surface area contributed by atoms with E-state index in [1.54, 1.807) is 0 Å². The van der Waals surface area contributed by atoms with Crippen LogP contribution < -0.4 is 15.5 Å². The van der Waals surface area contributed by atoms with E-state index >= 15 is 0 Å². The van der Waals surface area contributed by atoms with E-state index in [4.69, 9.17) is 9.73 Å². The lowest BCUT2D eigenvalue weighted by molar-refractivity contribution is -0.0165. The SMILES string of the molecule is CCNC(=NCC(C)N1CCOCC1C)NC(C)c1cccc(N2CCCC2)c1. The number of guanidine groups is 1.